The van der Waals surface area contributed by atoms with Gasteiger partial charge in [0, 0.05) is 5.75 Å². The molecule has 0 aliphatic heterocycles. The van der Waals surface area contributed by atoms with Crippen LogP contribution in [0.25, 0.3) is 0 Å². The lowest BCUT2D eigenvalue weighted by molar-refractivity contribution is 0.414. The Labute approximate surface area is 97.2 Å². The van der Waals surface area contributed by atoms with Crippen molar-refractivity contribution in [1.82, 2.24) is 0 Å². The monoisotopic (exact) mass is 224 g/mol. The molecule has 0 atom stereocenters. The predicted molar refractivity (Wildman–Crippen MR) is 68.6 cm³/mol. The fourth-order valence-corrected chi connectivity index (χ4v) is 2.44. The highest BCUT2D eigenvalue weighted by atomic mass is 32.2. The van der Waals surface area contributed by atoms with Crippen LogP contribution in [0.1, 0.15) is 25.8 Å². The molecule has 0 bridgehead atoms. The summed E-state index contributed by atoms with van der Waals surface area (Å²) in [4.78, 5) is 0. The highest BCUT2D eigenvalue weighted by molar-refractivity contribution is 7.98. The molecule has 2 heteroatoms. The Morgan fingerprint density at radius 1 is 1.20 bits per heavy atom. The van der Waals surface area contributed by atoms with E-state index in [1.165, 1.54) is 17.7 Å². The standard InChI is InChI=1S/C13H20OS/c1-11(2)8-9-15-10-12-4-6-13(14-3)7-5-12/h4-7,11H,8-10H2,1-3H3. The lowest BCUT2D eigenvalue weighted by Gasteiger charge is -2.05. The third-order valence-electron chi connectivity index (χ3n) is 2.27. The summed E-state index contributed by atoms with van der Waals surface area (Å²) < 4.78 is 5.12. The van der Waals surface area contributed by atoms with Gasteiger partial charge in [-0.3, -0.25) is 0 Å². The fraction of sp³-hybridized carbons (Fsp3) is 0.538. The number of thioether (sulfide) groups is 1. The van der Waals surface area contributed by atoms with Gasteiger partial charge in [0.05, 0.1) is 7.11 Å². The third kappa shape index (κ3) is 5.12. The Hall–Kier alpha value is -0.630. The maximum absolute atomic E-state index is 5.12. The Kier molecular flexibility index (Phi) is 5.62. The number of hydrogen-bond donors (Lipinski definition) is 0. The molecule has 15 heavy (non-hydrogen) atoms. The first-order valence-corrected chi connectivity index (χ1v) is 6.58. The molecule has 1 aromatic rings. The third-order valence-corrected chi connectivity index (χ3v) is 3.33. The first-order chi connectivity index (χ1) is 7.22. The molecule has 0 amide bonds. The Morgan fingerprint density at radius 2 is 1.87 bits per heavy atom. The highest BCUT2D eigenvalue weighted by Crippen LogP contribution is 2.18. The van der Waals surface area contributed by atoms with E-state index >= 15 is 0 Å². The maximum Gasteiger partial charge on any atom is 0.118 e. The normalized spacial score (nSPS) is 10.7. The zero-order chi connectivity index (χ0) is 11.1. The van der Waals surface area contributed by atoms with Gasteiger partial charge in [-0.2, -0.15) is 11.8 Å². The first-order valence-electron chi connectivity index (χ1n) is 5.43. The summed E-state index contributed by atoms with van der Waals surface area (Å²) >= 11 is 2.01. The van der Waals surface area contributed by atoms with Crippen molar-refractivity contribution in [2.45, 2.75) is 26.0 Å². The second-order valence-electron chi connectivity index (χ2n) is 4.08. The Morgan fingerprint density at radius 3 is 2.40 bits per heavy atom. The van der Waals surface area contributed by atoms with Gasteiger partial charge < -0.3 is 4.74 Å². The van der Waals surface area contributed by atoms with Crippen LogP contribution in [0.2, 0.25) is 0 Å². The lowest BCUT2D eigenvalue weighted by Crippen LogP contribution is -1.90. The van der Waals surface area contributed by atoms with Crippen molar-refractivity contribution >= 4 is 11.8 Å². The van der Waals surface area contributed by atoms with Crippen molar-refractivity contribution in [3.05, 3.63) is 29.8 Å². The van der Waals surface area contributed by atoms with E-state index in [0.717, 1.165) is 17.4 Å². The maximum atomic E-state index is 5.12. The summed E-state index contributed by atoms with van der Waals surface area (Å²) in [6.07, 6.45) is 1.31. The van der Waals surface area contributed by atoms with Crippen LogP contribution < -0.4 is 4.74 Å². The second kappa shape index (κ2) is 6.78. The molecule has 0 saturated heterocycles. The summed E-state index contributed by atoms with van der Waals surface area (Å²) in [5, 5.41) is 0. The molecule has 0 aromatic heterocycles. The van der Waals surface area contributed by atoms with Crippen molar-refractivity contribution in [3.63, 3.8) is 0 Å². The fourth-order valence-electron chi connectivity index (χ4n) is 1.23. The van der Waals surface area contributed by atoms with Crippen LogP contribution in [0.15, 0.2) is 24.3 Å². The van der Waals surface area contributed by atoms with Gasteiger partial charge in [-0.05, 0) is 35.8 Å². The molecular formula is C13H20OS. The van der Waals surface area contributed by atoms with Gasteiger partial charge >= 0.3 is 0 Å². The summed E-state index contributed by atoms with van der Waals surface area (Å²) in [7, 11) is 1.70. The van der Waals surface area contributed by atoms with E-state index < -0.39 is 0 Å². The molecule has 1 rings (SSSR count). The molecule has 0 spiro atoms. The molecule has 0 fully saturated rings. The molecule has 0 unspecified atom stereocenters. The molecule has 0 aliphatic carbocycles. The van der Waals surface area contributed by atoms with Gasteiger partial charge in [-0.15, -0.1) is 0 Å². The van der Waals surface area contributed by atoms with Gasteiger partial charge in [0.15, 0.2) is 0 Å². The van der Waals surface area contributed by atoms with E-state index in [-0.39, 0.29) is 0 Å². The second-order valence-corrected chi connectivity index (χ2v) is 5.19. The summed E-state index contributed by atoms with van der Waals surface area (Å²) in [5.74, 6) is 4.11. The molecule has 84 valence electrons. The van der Waals surface area contributed by atoms with Crippen LogP contribution in [-0.2, 0) is 5.75 Å². The lowest BCUT2D eigenvalue weighted by atomic mass is 10.2. The molecule has 0 radical (unpaired) electrons. The molecule has 0 heterocycles. The summed E-state index contributed by atoms with van der Waals surface area (Å²) in [5.41, 5.74) is 1.38. The van der Waals surface area contributed by atoms with E-state index in [4.69, 9.17) is 4.74 Å². The molecule has 0 N–H and O–H groups in total. The average molecular weight is 224 g/mol. The smallest absolute Gasteiger partial charge is 0.118 e. The van der Waals surface area contributed by atoms with E-state index in [1.54, 1.807) is 7.11 Å². The number of rotatable bonds is 6. The Balaban J connectivity index is 2.25. The first kappa shape index (κ1) is 12.4. The van der Waals surface area contributed by atoms with Crippen LogP contribution in [0, 0.1) is 5.92 Å². The zero-order valence-electron chi connectivity index (χ0n) is 9.82. The molecule has 0 aliphatic rings. The summed E-state index contributed by atoms with van der Waals surface area (Å²) in [6, 6.07) is 8.33. The van der Waals surface area contributed by atoms with E-state index in [9.17, 15) is 0 Å². The van der Waals surface area contributed by atoms with Gasteiger partial charge in [0.25, 0.3) is 0 Å². The topological polar surface area (TPSA) is 9.23 Å². The van der Waals surface area contributed by atoms with Crippen LogP contribution >= 0.6 is 11.8 Å². The Bertz CT molecular complexity index is 266. The van der Waals surface area contributed by atoms with Crippen molar-refractivity contribution in [2.75, 3.05) is 12.9 Å². The van der Waals surface area contributed by atoms with Gasteiger partial charge in [0.1, 0.15) is 5.75 Å². The van der Waals surface area contributed by atoms with Crippen LogP contribution in [0.5, 0.6) is 5.75 Å². The van der Waals surface area contributed by atoms with Crippen molar-refractivity contribution in [2.24, 2.45) is 5.92 Å². The van der Waals surface area contributed by atoms with Crippen molar-refractivity contribution in [3.8, 4) is 5.75 Å². The summed E-state index contributed by atoms with van der Waals surface area (Å²) in [6.45, 7) is 4.54. The largest absolute Gasteiger partial charge is 0.497 e. The minimum absolute atomic E-state index is 0.813. The minimum Gasteiger partial charge on any atom is -0.497 e. The van der Waals surface area contributed by atoms with Crippen LogP contribution in [0.4, 0.5) is 0 Å². The van der Waals surface area contributed by atoms with E-state index in [2.05, 4.69) is 26.0 Å². The SMILES string of the molecule is COc1ccc(CSCCC(C)C)cc1. The minimum atomic E-state index is 0.813. The molecule has 0 saturated carbocycles. The molecular weight excluding hydrogens is 204 g/mol. The van der Waals surface area contributed by atoms with E-state index in [0.29, 0.717) is 0 Å². The number of methoxy groups -OCH3 is 1. The van der Waals surface area contributed by atoms with Crippen LogP contribution in [0.3, 0.4) is 0 Å². The number of ether oxygens (including phenoxy) is 1. The molecule has 1 aromatic carbocycles. The van der Waals surface area contributed by atoms with Crippen molar-refractivity contribution < 1.29 is 4.74 Å². The van der Waals surface area contributed by atoms with Gasteiger partial charge in [-0.1, -0.05) is 26.0 Å². The average Bonchev–Trinajstić information content (AvgIpc) is 2.25. The number of hydrogen-bond acceptors (Lipinski definition) is 2. The number of benzene rings is 1. The predicted octanol–water partition coefficient (Wildman–Crippen LogP) is 3.97. The van der Waals surface area contributed by atoms with E-state index in [1.807, 2.05) is 23.9 Å². The van der Waals surface area contributed by atoms with Crippen LogP contribution in [-0.4, -0.2) is 12.9 Å². The van der Waals surface area contributed by atoms with Crippen molar-refractivity contribution in [1.29, 1.82) is 0 Å². The highest BCUT2D eigenvalue weighted by Gasteiger charge is 1.97. The quantitative estimate of drug-likeness (QED) is 0.676. The zero-order valence-corrected chi connectivity index (χ0v) is 10.6. The van der Waals surface area contributed by atoms with Gasteiger partial charge in [-0.25, -0.2) is 0 Å². The molecule has 1 nitrogen and oxygen atoms in total. The van der Waals surface area contributed by atoms with Gasteiger partial charge in [0.2, 0.25) is 0 Å².